The number of hydrogen-bond donors (Lipinski definition) is 1. The van der Waals surface area contributed by atoms with Gasteiger partial charge in [-0.2, -0.15) is 0 Å². The minimum Gasteiger partial charge on any atom is -0.477 e. The van der Waals surface area contributed by atoms with Gasteiger partial charge in [-0.05, 0) is 12.1 Å². The van der Waals surface area contributed by atoms with E-state index in [0.717, 1.165) is 0 Å². The van der Waals surface area contributed by atoms with E-state index in [1.165, 1.54) is 6.07 Å². The molecule has 1 saturated heterocycles. The fourth-order valence-corrected chi connectivity index (χ4v) is 2.47. The fourth-order valence-electron chi connectivity index (χ4n) is 2.47. The summed E-state index contributed by atoms with van der Waals surface area (Å²) in [4.78, 5) is 19.5. The number of carboxylic acids is 1. The van der Waals surface area contributed by atoms with Gasteiger partial charge in [0.25, 0.3) is 0 Å². The zero-order chi connectivity index (χ0) is 13.6. The molecular formula is C13H15N3O3. The average Bonchev–Trinajstić information content (AvgIpc) is 2.90. The maximum Gasteiger partial charge on any atom is 0.354 e. The van der Waals surface area contributed by atoms with Crippen molar-refractivity contribution < 1.29 is 14.6 Å². The number of pyridine rings is 1. The molecule has 2 aromatic heterocycles. The SMILES string of the molecule is CC1(C)COCC1n1cnc2ccc(C(=O)O)nc21. The lowest BCUT2D eigenvalue weighted by Crippen LogP contribution is -2.25. The maximum absolute atomic E-state index is 11.0. The van der Waals surface area contributed by atoms with Gasteiger partial charge in [0, 0.05) is 5.41 Å². The van der Waals surface area contributed by atoms with Gasteiger partial charge in [0.1, 0.15) is 5.52 Å². The van der Waals surface area contributed by atoms with Crippen LogP contribution < -0.4 is 0 Å². The van der Waals surface area contributed by atoms with Crippen LogP contribution in [0.1, 0.15) is 30.4 Å². The first-order chi connectivity index (χ1) is 8.99. The zero-order valence-corrected chi connectivity index (χ0v) is 10.8. The van der Waals surface area contributed by atoms with E-state index in [1.807, 2.05) is 4.57 Å². The Bertz CT molecular complexity index is 648. The van der Waals surface area contributed by atoms with Gasteiger partial charge >= 0.3 is 5.97 Å². The van der Waals surface area contributed by atoms with Crippen molar-refractivity contribution in [1.82, 2.24) is 14.5 Å². The molecule has 0 aliphatic carbocycles. The molecule has 19 heavy (non-hydrogen) atoms. The van der Waals surface area contributed by atoms with Gasteiger partial charge in [0.05, 0.1) is 25.6 Å². The van der Waals surface area contributed by atoms with Gasteiger partial charge in [-0.1, -0.05) is 13.8 Å². The Balaban J connectivity index is 2.14. The van der Waals surface area contributed by atoms with Gasteiger partial charge in [-0.15, -0.1) is 0 Å². The summed E-state index contributed by atoms with van der Waals surface area (Å²) in [6.45, 7) is 5.52. The number of rotatable bonds is 2. The van der Waals surface area contributed by atoms with Crippen molar-refractivity contribution in [2.75, 3.05) is 13.2 Å². The van der Waals surface area contributed by atoms with Crippen LogP contribution in [-0.4, -0.2) is 38.8 Å². The van der Waals surface area contributed by atoms with Crippen molar-refractivity contribution in [3.05, 3.63) is 24.2 Å². The molecule has 6 nitrogen and oxygen atoms in total. The summed E-state index contributed by atoms with van der Waals surface area (Å²) in [6, 6.07) is 3.28. The third-order valence-corrected chi connectivity index (χ3v) is 3.63. The van der Waals surface area contributed by atoms with Crippen LogP contribution in [0.15, 0.2) is 18.5 Å². The van der Waals surface area contributed by atoms with Crippen LogP contribution in [0.25, 0.3) is 11.2 Å². The van der Waals surface area contributed by atoms with Crippen molar-refractivity contribution in [1.29, 1.82) is 0 Å². The van der Waals surface area contributed by atoms with Gasteiger partial charge in [0.15, 0.2) is 11.3 Å². The summed E-state index contributed by atoms with van der Waals surface area (Å²) in [5.74, 6) is -1.03. The van der Waals surface area contributed by atoms with Crippen LogP contribution in [0.2, 0.25) is 0 Å². The van der Waals surface area contributed by atoms with E-state index in [1.54, 1.807) is 12.4 Å². The molecule has 6 heteroatoms. The number of fused-ring (bicyclic) bond motifs is 1. The van der Waals surface area contributed by atoms with Gasteiger partial charge in [-0.3, -0.25) is 0 Å². The summed E-state index contributed by atoms with van der Waals surface area (Å²) in [6.07, 6.45) is 1.71. The van der Waals surface area contributed by atoms with E-state index < -0.39 is 5.97 Å². The van der Waals surface area contributed by atoms with Crippen LogP contribution in [0, 0.1) is 5.41 Å². The zero-order valence-electron chi connectivity index (χ0n) is 10.8. The molecule has 1 atom stereocenters. The van der Waals surface area contributed by atoms with E-state index in [0.29, 0.717) is 24.4 Å². The van der Waals surface area contributed by atoms with Crippen molar-refractivity contribution in [3.63, 3.8) is 0 Å². The normalized spacial score (nSPS) is 21.9. The highest BCUT2D eigenvalue weighted by molar-refractivity contribution is 5.88. The van der Waals surface area contributed by atoms with Crippen LogP contribution in [0.4, 0.5) is 0 Å². The summed E-state index contributed by atoms with van der Waals surface area (Å²) in [5.41, 5.74) is 1.32. The summed E-state index contributed by atoms with van der Waals surface area (Å²) in [7, 11) is 0. The highest BCUT2D eigenvalue weighted by Crippen LogP contribution is 2.38. The number of hydrogen-bond acceptors (Lipinski definition) is 4. The van der Waals surface area contributed by atoms with E-state index in [4.69, 9.17) is 9.84 Å². The minimum atomic E-state index is -1.03. The number of carbonyl (C=O) groups is 1. The Kier molecular flexibility index (Phi) is 2.56. The molecule has 1 aliphatic rings. The van der Waals surface area contributed by atoms with Gasteiger partial charge < -0.3 is 14.4 Å². The number of imidazole rings is 1. The van der Waals surface area contributed by atoms with E-state index in [-0.39, 0.29) is 17.2 Å². The third kappa shape index (κ3) is 1.88. The largest absolute Gasteiger partial charge is 0.477 e. The summed E-state index contributed by atoms with van der Waals surface area (Å²) >= 11 is 0. The maximum atomic E-state index is 11.0. The van der Waals surface area contributed by atoms with Crippen LogP contribution >= 0.6 is 0 Å². The van der Waals surface area contributed by atoms with Crippen molar-refractivity contribution in [2.45, 2.75) is 19.9 Å². The lowest BCUT2D eigenvalue weighted by molar-refractivity contribution is 0.0691. The Labute approximate surface area is 110 Å². The highest BCUT2D eigenvalue weighted by atomic mass is 16.5. The minimum absolute atomic E-state index is 0.0193. The van der Waals surface area contributed by atoms with Crippen LogP contribution in [-0.2, 0) is 4.74 Å². The predicted molar refractivity (Wildman–Crippen MR) is 68.1 cm³/mol. The lowest BCUT2D eigenvalue weighted by atomic mass is 9.88. The second-order valence-corrected chi connectivity index (χ2v) is 5.52. The highest BCUT2D eigenvalue weighted by Gasteiger charge is 2.37. The molecule has 1 N–H and O–H groups in total. The second kappa shape index (κ2) is 4.03. The standard InChI is InChI=1S/C13H15N3O3/c1-13(2)6-19-5-10(13)16-7-14-8-3-4-9(12(17)18)15-11(8)16/h3-4,7,10H,5-6H2,1-2H3,(H,17,18). The van der Waals surface area contributed by atoms with Gasteiger partial charge in [0.2, 0.25) is 0 Å². The van der Waals surface area contributed by atoms with E-state index in [2.05, 4.69) is 23.8 Å². The molecule has 3 rings (SSSR count). The number of aromatic nitrogens is 3. The molecule has 100 valence electrons. The molecule has 1 aliphatic heterocycles. The molecular weight excluding hydrogens is 246 g/mol. The average molecular weight is 261 g/mol. The lowest BCUT2D eigenvalue weighted by Gasteiger charge is -2.25. The molecule has 3 heterocycles. The van der Waals surface area contributed by atoms with Crippen molar-refractivity contribution in [3.8, 4) is 0 Å². The summed E-state index contributed by atoms with van der Waals surface area (Å²) in [5, 5.41) is 9.02. The second-order valence-electron chi connectivity index (χ2n) is 5.52. The van der Waals surface area contributed by atoms with Crippen LogP contribution in [0.3, 0.4) is 0 Å². The quantitative estimate of drug-likeness (QED) is 0.890. The molecule has 0 saturated carbocycles. The molecule has 1 unspecified atom stereocenters. The first-order valence-corrected chi connectivity index (χ1v) is 6.14. The van der Waals surface area contributed by atoms with E-state index >= 15 is 0 Å². The molecule has 0 spiro atoms. The molecule has 1 fully saturated rings. The smallest absolute Gasteiger partial charge is 0.354 e. The first-order valence-electron chi connectivity index (χ1n) is 6.14. The fraction of sp³-hybridized carbons (Fsp3) is 0.462. The van der Waals surface area contributed by atoms with Crippen molar-refractivity contribution >= 4 is 17.1 Å². The number of ether oxygens (including phenoxy) is 1. The van der Waals surface area contributed by atoms with Gasteiger partial charge in [-0.25, -0.2) is 14.8 Å². The Morgan fingerprint density at radius 3 is 2.95 bits per heavy atom. The molecule has 2 aromatic rings. The Hall–Kier alpha value is -1.95. The van der Waals surface area contributed by atoms with Crippen molar-refractivity contribution in [2.24, 2.45) is 5.41 Å². The predicted octanol–water partition coefficient (Wildman–Crippen LogP) is 1.73. The number of carboxylic acid groups (broad SMARTS) is 1. The Morgan fingerprint density at radius 1 is 1.53 bits per heavy atom. The topological polar surface area (TPSA) is 77.2 Å². The molecule has 0 amide bonds. The molecule has 0 aromatic carbocycles. The number of aromatic carboxylic acids is 1. The molecule has 0 bridgehead atoms. The van der Waals surface area contributed by atoms with Crippen LogP contribution in [0.5, 0.6) is 0 Å². The number of nitrogens with zero attached hydrogens (tertiary/aromatic N) is 3. The summed E-state index contributed by atoms with van der Waals surface area (Å²) < 4.78 is 7.46. The molecule has 0 radical (unpaired) electrons. The first kappa shape index (κ1) is 12.1. The Morgan fingerprint density at radius 2 is 2.32 bits per heavy atom. The third-order valence-electron chi connectivity index (χ3n) is 3.63. The monoisotopic (exact) mass is 261 g/mol. The van der Waals surface area contributed by atoms with E-state index in [9.17, 15) is 4.79 Å².